The fourth-order valence-corrected chi connectivity index (χ4v) is 2.20. The maximum absolute atomic E-state index is 11.8. The van der Waals surface area contributed by atoms with Crippen LogP contribution in [0.4, 0.5) is 5.69 Å². The van der Waals surface area contributed by atoms with Gasteiger partial charge in [-0.3, -0.25) is 9.59 Å². The van der Waals surface area contributed by atoms with Crippen molar-refractivity contribution in [1.82, 2.24) is 5.43 Å². The molecule has 1 aromatic heterocycles. The van der Waals surface area contributed by atoms with Gasteiger partial charge in [0.05, 0.1) is 6.21 Å². The molecule has 0 saturated carbocycles. The van der Waals surface area contributed by atoms with E-state index < -0.39 is 11.8 Å². The Morgan fingerprint density at radius 1 is 1.19 bits per heavy atom. The zero-order chi connectivity index (χ0) is 15.2. The fraction of sp³-hybridized carbons (Fsp3) is 0.133. The number of amides is 2. The summed E-state index contributed by atoms with van der Waals surface area (Å²) in [5, 5.41) is 8.21. The van der Waals surface area contributed by atoms with Crippen molar-refractivity contribution < 1.29 is 9.59 Å². The first-order valence-electron chi connectivity index (χ1n) is 6.31. The summed E-state index contributed by atoms with van der Waals surface area (Å²) in [7, 11) is 0. The van der Waals surface area contributed by atoms with E-state index >= 15 is 0 Å². The van der Waals surface area contributed by atoms with E-state index in [0.29, 0.717) is 5.69 Å². The van der Waals surface area contributed by atoms with E-state index in [1.807, 2.05) is 49.6 Å². The molecule has 0 radical (unpaired) electrons. The Labute approximate surface area is 126 Å². The van der Waals surface area contributed by atoms with Gasteiger partial charge >= 0.3 is 11.8 Å². The van der Waals surface area contributed by atoms with Crippen LogP contribution in [0.1, 0.15) is 16.0 Å². The zero-order valence-corrected chi connectivity index (χ0v) is 12.5. The third-order valence-electron chi connectivity index (χ3n) is 2.75. The average molecular weight is 301 g/mol. The minimum absolute atomic E-state index is 0.623. The number of carbonyl (C=O) groups excluding carboxylic acids is 2. The predicted molar refractivity (Wildman–Crippen MR) is 84.6 cm³/mol. The Kier molecular flexibility index (Phi) is 4.84. The zero-order valence-electron chi connectivity index (χ0n) is 11.7. The minimum atomic E-state index is -0.802. The van der Waals surface area contributed by atoms with Crippen molar-refractivity contribution in [3.05, 3.63) is 51.7 Å². The first-order valence-corrected chi connectivity index (χ1v) is 7.19. The van der Waals surface area contributed by atoms with Gasteiger partial charge in [-0.15, -0.1) is 11.3 Å². The van der Waals surface area contributed by atoms with Gasteiger partial charge in [-0.05, 0) is 42.5 Å². The normalized spacial score (nSPS) is 10.6. The van der Waals surface area contributed by atoms with Crippen LogP contribution in [0.3, 0.4) is 0 Å². The molecule has 2 aromatic rings. The van der Waals surface area contributed by atoms with E-state index in [4.69, 9.17) is 0 Å². The summed E-state index contributed by atoms with van der Waals surface area (Å²) in [6, 6.07) is 9.38. The molecular weight excluding hydrogens is 286 g/mol. The Morgan fingerprint density at radius 2 is 2.00 bits per heavy atom. The van der Waals surface area contributed by atoms with Crippen LogP contribution in [0.5, 0.6) is 0 Å². The summed E-state index contributed by atoms with van der Waals surface area (Å²) in [4.78, 5) is 24.3. The molecule has 21 heavy (non-hydrogen) atoms. The Morgan fingerprint density at radius 3 is 2.71 bits per heavy atom. The second-order valence-corrected chi connectivity index (χ2v) is 5.47. The molecule has 0 spiro atoms. The molecule has 1 heterocycles. The van der Waals surface area contributed by atoms with E-state index in [1.54, 1.807) is 0 Å². The molecule has 108 valence electrons. The molecule has 6 heteroatoms. The van der Waals surface area contributed by atoms with Gasteiger partial charge in [0, 0.05) is 10.6 Å². The lowest BCUT2D eigenvalue weighted by atomic mass is 10.1. The van der Waals surface area contributed by atoms with Crippen LogP contribution in [0.2, 0.25) is 0 Å². The van der Waals surface area contributed by atoms with Crippen LogP contribution in [0, 0.1) is 13.8 Å². The highest BCUT2D eigenvalue weighted by Gasteiger charge is 2.13. The molecule has 1 aromatic carbocycles. The number of thiophene rings is 1. The molecular formula is C15H15N3O2S. The van der Waals surface area contributed by atoms with Gasteiger partial charge in [0.2, 0.25) is 0 Å². The number of rotatable bonds is 3. The minimum Gasteiger partial charge on any atom is -0.317 e. The second kappa shape index (κ2) is 6.81. The third kappa shape index (κ3) is 4.25. The second-order valence-electron chi connectivity index (χ2n) is 4.49. The third-order valence-corrected chi connectivity index (χ3v) is 3.56. The SMILES string of the molecule is Cc1ccc(C)c(NC(=O)C(=O)N/N=C\c2cccs2)c1. The van der Waals surface area contributed by atoms with Gasteiger partial charge in [0.1, 0.15) is 0 Å². The van der Waals surface area contributed by atoms with Crippen molar-refractivity contribution in [3.63, 3.8) is 0 Å². The maximum atomic E-state index is 11.8. The van der Waals surface area contributed by atoms with Crippen molar-refractivity contribution in [2.75, 3.05) is 5.32 Å². The van der Waals surface area contributed by atoms with E-state index in [2.05, 4.69) is 15.8 Å². The van der Waals surface area contributed by atoms with E-state index in [-0.39, 0.29) is 0 Å². The fourth-order valence-electron chi connectivity index (χ4n) is 1.62. The molecule has 0 saturated heterocycles. The Balaban J connectivity index is 1.93. The van der Waals surface area contributed by atoms with Crippen molar-refractivity contribution in [2.45, 2.75) is 13.8 Å². The van der Waals surface area contributed by atoms with E-state index in [9.17, 15) is 9.59 Å². The summed E-state index contributed by atoms with van der Waals surface area (Å²) in [6.07, 6.45) is 1.49. The van der Waals surface area contributed by atoms with Gasteiger partial charge in [-0.25, -0.2) is 5.43 Å². The Hall–Kier alpha value is -2.47. The van der Waals surface area contributed by atoms with Gasteiger partial charge in [0.25, 0.3) is 0 Å². The van der Waals surface area contributed by atoms with Crippen LogP contribution >= 0.6 is 11.3 Å². The molecule has 0 unspecified atom stereocenters. The first kappa shape index (κ1) is 14.9. The molecule has 5 nitrogen and oxygen atoms in total. The average Bonchev–Trinajstić information content (AvgIpc) is 2.96. The highest BCUT2D eigenvalue weighted by atomic mass is 32.1. The van der Waals surface area contributed by atoms with Crippen molar-refractivity contribution in [1.29, 1.82) is 0 Å². The predicted octanol–water partition coefficient (Wildman–Crippen LogP) is 2.45. The molecule has 2 rings (SSSR count). The Bertz CT molecular complexity index is 678. The molecule has 0 aliphatic rings. The summed E-state index contributed by atoms with van der Waals surface area (Å²) in [5.74, 6) is -1.55. The van der Waals surface area contributed by atoms with Crippen molar-refractivity contribution in [2.24, 2.45) is 5.10 Å². The standard InChI is InChI=1S/C15H15N3O2S/c1-10-5-6-11(2)13(8-10)17-14(19)15(20)18-16-9-12-4-3-7-21-12/h3-9H,1-2H3,(H,17,19)(H,18,20)/b16-9-. The first-order chi connectivity index (χ1) is 10.1. The summed E-state index contributed by atoms with van der Waals surface area (Å²) >= 11 is 1.49. The molecule has 0 fully saturated rings. The number of aryl methyl sites for hydroxylation is 2. The van der Waals surface area contributed by atoms with Crippen LogP contribution in [0.25, 0.3) is 0 Å². The van der Waals surface area contributed by atoms with E-state index in [1.165, 1.54) is 17.6 Å². The van der Waals surface area contributed by atoms with Crippen molar-refractivity contribution in [3.8, 4) is 0 Å². The number of nitrogens with one attached hydrogen (secondary N) is 2. The molecule has 2 amide bonds. The number of hydrogen-bond donors (Lipinski definition) is 2. The van der Waals surface area contributed by atoms with Crippen LogP contribution in [-0.4, -0.2) is 18.0 Å². The number of benzene rings is 1. The topological polar surface area (TPSA) is 70.6 Å². The molecule has 0 bridgehead atoms. The lowest BCUT2D eigenvalue weighted by molar-refractivity contribution is -0.136. The summed E-state index contributed by atoms with van der Waals surface area (Å²) in [5.41, 5.74) is 4.72. The van der Waals surface area contributed by atoms with Crippen LogP contribution < -0.4 is 10.7 Å². The number of anilines is 1. The van der Waals surface area contributed by atoms with Crippen LogP contribution in [-0.2, 0) is 9.59 Å². The van der Waals surface area contributed by atoms with Gasteiger partial charge < -0.3 is 5.32 Å². The summed E-state index contributed by atoms with van der Waals surface area (Å²) in [6.45, 7) is 3.78. The number of hydrazone groups is 1. The number of nitrogens with zero attached hydrogens (tertiary/aromatic N) is 1. The highest BCUT2D eigenvalue weighted by Crippen LogP contribution is 2.16. The quantitative estimate of drug-likeness (QED) is 0.519. The number of hydrogen-bond acceptors (Lipinski definition) is 4. The van der Waals surface area contributed by atoms with Gasteiger partial charge in [-0.1, -0.05) is 18.2 Å². The number of carbonyl (C=O) groups is 2. The smallest absolute Gasteiger partial charge is 0.317 e. The highest BCUT2D eigenvalue weighted by molar-refractivity contribution is 7.11. The summed E-state index contributed by atoms with van der Waals surface area (Å²) < 4.78 is 0. The monoisotopic (exact) mass is 301 g/mol. The lowest BCUT2D eigenvalue weighted by Gasteiger charge is -2.08. The largest absolute Gasteiger partial charge is 0.329 e. The van der Waals surface area contributed by atoms with Crippen molar-refractivity contribution >= 4 is 35.1 Å². The van der Waals surface area contributed by atoms with Gasteiger partial charge in [-0.2, -0.15) is 5.10 Å². The van der Waals surface area contributed by atoms with Crippen LogP contribution in [0.15, 0.2) is 40.8 Å². The molecule has 0 atom stereocenters. The van der Waals surface area contributed by atoms with Gasteiger partial charge in [0.15, 0.2) is 0 Å². The maximum Gasteiger partial charge on any atom is 0.329 e. The van der Waals surface area contributed by atoms with E-state index in [0.717, 1.165) is 16.0 Å². The lowest BCUT2D eigenvalue weighted by Crippen LogP contribution is -2.32. The molecule has 2 N–H and O–H groups in total. The molecule has 0 aliphatic carbocycles. The molecule has 0 aliphatic heterocycles.